The molecule has 0 aliphatic carbocycles. The first-order valence-electron chi connectivity index (χ1n) is 8.70. The number of nitrogens with zero attached hydrogens (tertiary/aromatic N) is 1. The quantitative estimate of drug-likeness (QED) is 0.208. The lowest BCUT2D eigenvalue weighted by Crippen LogP contribution is -2.42. The highest BCUT2D eigenvalue weighted by molar-refractivity contribution is 7.47. The van der Waals surface area contributed by atoms with Gasteiger partial charge in [-0.25, -0.2) is 4.57 Å². The van der Waals surface area contributed by atoms with Crippen LogP contribution >= 0.6 is 7.82 Å². The number of hydrogen-bond donors (Lipinski definition) is 1. The molecular weight excluding hydrogens is 333 g/mol. The Morgan fingerprint density at radius 2 is 1.65 bits per heavy atom. The summed E-state index contributed by atoms with van der Waals surface area (Å²) in [5.41, 5.74) is 0. The molecule has 0 aromatic carbocycles. The lowest BCUT2D eigenvalue weighted by molar-refractivity contribution is -0.890. The van der Waals surface area contributed by atoms with Crippen molar-refractivity contribution in [2.75, 3.05) is 53.6 Å². The van der Waals surface area contributed by atoms with Gasteiger partial charge < -0.3 is 14.1 Å². The molecule has 0 radical (unpaired) electrons. The van der Waals surface area contributed by atoms with E-state index < -0.39 is 16.6 Å². The Labute approximate surface area is 143 Å². The lowest BCUT2D eigenvalue weighted by Gasteiger charge is -2.29. The van der Waals surface area contributed by atoms with E-state index in [2.05, 4.69) is 34.1 Å². The highest BCUT2D eigenvalue weighted by Crippen LogP contribution is 2.42. The smallest absolute Gasteiger partial charge is 0.379 e. The Kier molecular flexibility index (Phi) is 12.7. The maximum atomic E-state index is 11.7. The Bertz CT molecular complexity index is 342. The molecule has 0 aliphatic rings. The molecule has 0 saturated heterocycles. The molecule has 8 heteroatoms. The van der Waals surface area contributed by atoms with Crippen molar-refractivity contribution in [3.8, 4) is 0 Å². The third-order valence-electron chi connectivity index (χ3n) is 3.62. The number of ether oxygens (including phenoxy) is 1. The molecule has 1 unspecified atom stereocenters. The summed E-state index contributed by atoms with van der Waals surface area (Å²) in [6.45, 7) is 9.80. The van der Waals surface area contributed by atoms with Crippen molar-refractivity contribution in [3.05, 3.63) is 0 Å². The zero-order valence-corrected chi connectivity index (χ0v) is 17.7. The number of phosphoric acid groups is 1. The van der Waals surface area contributed by atoms with E-state index in [0.29, 0.717) is 19.8 Å². The van der Waals surface area contributed by atoms with Crippen molar-refractivity contribution >= 4 is 16.6 Å². The molecule has 6 nitrogen and oxygen atoms in total. The highest BCUT2D eigenvalue weighted by Gasteiger charge is 2.23. The van der Waals surface area contributed by atoms with Crippen LogP contribution in [0.2, 0.25) is 19.1 Å². The van der Waals surface area contributed by atoms with E-state index in [-0.39, 0.29) is 13.2 Å². The molecule has 0 rings (SSSR count). The molecule has 0 spiro atoms. The van der Waals surface area contributed by atoms with Gasteiger partial charge in [0.05, 0.1) is 33.9 Å². The van der Waals surface area contributed by atoms with Crippen LogP contribution in [0.3, 0.4) is 0 Å². The molecule has 0 aromatic rings. The number of rotatable bonds is 15. The van der Waals surface area contributed by atoms with Crippen molar-refractivity contribution in [2.24, 2.45) is 0 Å². The van der Waals surface area contributed by atoms with E-state index in [1.807, 2.05) is 0 Å². The van der Waals surface area contributed by atoms with Crippen LogP contribution in [0.25, 0.3) is 0 Å². The van der Waals surface area contributed by atoms with Gasteiger partial charge in [0, 0.05) is 15.4 Å². The fourth-order valence-corrected chi connectivity index (χ4v) is 3.72. The van der Waals surface area contributed by atoms with Crippen LogP contribution in [-0.2, 0) is 18.3 Å². The topological polar surface area (TPSA) is 65.0 Å². The summed E-state index contributed by atoms with van der Waals surface area (Å²) in [6, 6.07) is 1.26. The van der Waals surface area contributed by atoms with Crippen molar-refractivity contribution in [1.29, 1.82) is 0 Å². The van der Waals surface area contributed by atoms with Crippen molar-refractivity contribution in [1.82, 2.24) is 0 Å². The van der Waals surface area contributed by atoms with Crippen LogP contribution in [-0.4, -0.2) is 71.8 Å². The minimum Gasteiger partial charge on any atom is -0.379 e. The fraction of sp³-hybridized carbons (Fsp3) is 1.00. The normalized spacial score (nSPS) is 15.1. The zero-order valence-electron chi connectivity index (χ0n) is 15.6. The van der Waals surface area contributed by atoms with E-state index in [1.165, 1.54) is 6.04 Å². The summed E-state index contributed by atoms with van der Waals surface area (Å²) in [4.78, 5) is 9.62. The van der Waals surface area contributed by atoms with Gasteiger partial charge in [-0.2, -0.15) is 0 Å². The van der Waals surface area contributed by atoms with E-state index in [0.717, 1.165) is 30.3 Å². The summed E-state index contributed by atoms with van der Waals surface area (Å²) < 4.78 is 27.9. The molecular formula is C15H37NO5PSi+. The van der Waals surface area contributed by atoms with Crippen LogP contribution in [0.4, 0.5) is 0 Å². The van der Waals surface area contributed by atoms with Gasteiger partial charge in [-0.05, 0) is 12.8 Å². The highest BCUT2D eigenvalue weighted by atomic mass is 31.2. The zero-order chi connectivity index (χ0) is 17.8. The van der Waals surface area contributed by atoms with Gasteiger partial charge in [-0.1, -0.05) is 32.5 Å². The first kappa shape index (κ1) is 23.2. The molecule has 0 saturated carbocycles. The van der Waals surface area contributed by atoms with Crippen LogP contribution in [0.5, 0.6) is 0 Å². The van der Waals surface area contributed by atoms with Gasteiger partial charge in [0.25, 0.3) is 0 Å². The number of quaternary nitrogens is 1. The summed E-state index contributed by atoms with van der Waals surface area (Å²) in [6.07, 6.45) is 3.34. The third kappa shape index (κ3) is 15.5. The van der Waals surface area contributed by atoms with Crippen LogP contribution < -0.4 is 0 Å². The molecule has 140 valence electrons. The SMILES string of the molecule is CCCC[N+](C)(C)CCOP(=O)(O)OCCOCCC[SiH](C)C. The van der Waals surface area contributed by atoms with Crippen molar-refractivity contribution in [2.45, 2.75) is 45.3 Å². The molecule has 1 atom stereocenters. The molecule has 0 aliphatic heterocycles. The molecule has 0 fully saturated rings. The first-order valence-corrected chi connectivity index (χ1v) is 13.3. The van der Waals surface area contributed by atoms with Gasteiger partial charge in [-0.15, -0.1) is 0 Å². The molecule has 0 heterocycles. The van der Waals surface area contributed by atoms with Gasteiger partial charge >= 0.3 is 7.82 Å². The fourth-order valence-electron chi connectivity index (χ4n) is 2.05. The summed E-state index contributed by atoms with van der Waals surface area (Å²) >= 11 is 0. The Hall–Kier alpha value is 0.247. The van der Waals surface area contributed by atoms with E-state index in [1.54, 1.807) is 0 Å². The maximum absolute atomic E-state index is 11.7. The second-order valence-electron chi connectivity index (χ2n) is 7.02. The number of phosphoric ester groups is 1. The second-order valence-corrected chi connectivity index (χ2v) is 11.8. The minimum atomic E-state index is -3.96. The predicted octanol–water partition coefficient (Wildman–Crippen LogP) is 2.89. The summed E-state index contributed by atoms with van der Waals surface area (Å²) in [7, 11) is -0.281. The molecule has 0 amide bonds. The van der Waals surface area contributed by atoms with E-state index in [9.17, 15) is 9.46 Å². The van der Waals surface area contributed by atoms with E-state index in [4.69, 9.17) is 13.8 Å². The molecule has 1 N–H and O–H groups in total. The Morgan fingerprint density at radius 1 is 1.00 bits per heavy atom. The molecule has 0 bridgehead atoms. The minimum absolute atomic E-state index is 0.0843. The Balaban J connectivity index is 3.70. The van der Waals surface area contributed by atoms with Gasteiger partial charge in [0.15, 0.2) is 0 Å². The lowest BCUT2D eigenvalue weighted by atomic mass is 10.3. The predicted molar refractivity (Wildman–Crippen MR) is 97.6 cm³/mol. The Morgan fingerprint density at radius 3 is 2.26 bits per heavy atom. The van der Waals surface area contributed by atoms with Crippen LogP contribution in [0.1, 0.15) is 26.2 Å². The van der Waals surface area contributed by atoms with Crippen molar-refractivity contribution < 1.29 is 27.7 Å². The van der Waals surface area contributed by atoms with Crippen molar-refractivity contribution in [3.63, 3.8) is 0 Å². The average Bonchev–Trinajstić information content (AvgIpc) is 2.43. The van der Waals surface area contributed by atoms with Gasteiger partial charge in [0.1, 0.15) is 13.2 Å². The first-order chi connectivity index (χ1) is 10.7. The summed E-state index contributed by atoms with van der Waals surface area (Å²) in [5, 5.41) is 0. The number of likely N-dealkylation sites (N-methyl/N-ethyl adjacent to an activating group) is 1. The third-order valence-corrected chi connectivity index (χ3v) is 6.20. The second kappa shape index (κ2) is 12.6. The molecule has 0 aromatic heterocycles. The maximum Gasteiger partial charge on any atom is 0.472 e. The monoisotopic (exact) mass is 370 g/mol. The van der Waals surface area contributed by atoms with Crippen LogP contribution in [0.15, 0.2) is 0 Å². The largest absolute Gasteiger partial charge is 0.472 e. The van der Waals surface area contributed by atoms with Gasteiger partial charge in [0.2, 0.25) is 0 Å². The summed E-state index contributed by atoms with van der Waals surface area (Å²) in [5.74, 6) is 0. The number of unbranched alkanes of at least 4 members (excludes halogenated alkanes) is 1. The van der Waals surface area contributed by atoms with Crippen LogP contribution in [0, 0.1) is 0 Å². The van der Waals surface area contributed by atoms with E-state index >= 15 is 0 Å². The standard InChI is InChI=1S/C15H36NO5PSi/c1-6-7-9-16(2,3)10-12-20-22(17,18)21-14-13-19-11-8-15-23(4)5/h23H,6-15H2,1-5H3/p+1. The average molecular weight is 371 g/mol. The molecule has 23 heavy (non-hydrogen) atoms. The number of hydrogen-bond acceptors (Lipinski definition) is 4. The van der Waals surface area contributed by atoms with Gasteiger partial charge in [-0.3, -0.25) is 9.05 Å².